The minimum Gasteiger partial charge on any atom is -0.462 e. The number of hydrogen-bond donors (Lipinski definition) is 2. The van der Waals surface area contributed by atoms with Gasteiger partial charge in [-0.2, -0.15) is 0 Å². The van der Waals surface area contributed by atoms with Gasteiger partial charge in [0.05, 0.1) is 23.1 Å². The van der Waals surface area contributed by atoms with Crippen LogP contribution in [0.1, 0.15) is 41.3 Å². The summed E-state index contributed by atoms with van der Waals surface area (Å²) < 4.78 is 7.28. The third-order valence-electron chi connectivity index (χ3n) is 6.51. The molecule has 0 aliphatic carbocycles. The molecule has 2 N–H and O–H groups in total. The van der Waals surface area contributed by atoms with E-state index in [0.717, 1.165) is 15.7 Å². The van der Waals surface area contributed by atoms with Crippen LogP contribution < -0.4 is 21.9 Å². The number of nitrogens with zero attached hydrogens (tertiary/aromatic N) is 2. The lowest BCUT2D eigenvalue weighted by Gasteiger charge is -2.14. The average molecular weight is 557 g/mol. The summed E-state index contributed by atoms with van der Waals surface area (Å²) in [7, 11) is 0. The number of esters is 1. The summed E-state index contributed by atoms with van der Waals surface area (Å²) in [5.41, 5.74) is 2.12. The lowest BCUT2D eigenvalue weighted by atomic mass is 10.1. The number of carbonyl (C=O) groups excluding carboxylic acids is 3. The number of para-hydroxylation sites is 1. The van der Waals surface area contributed by atoms with E-state index in [9.17, 15) is 24.0 Å². The minimum atomic E-state index is -0.637. The van der Waals surface area contributed by atoms with Crippen LogP contribution in [0, 0.1) is 6.92 Å². The van der Waals surface area contributed by atoms with Crippen molar-refractivity contribution in [2.24, 2.45) is 0 Å². The summed E-state index contributed by atoms with van der Waals surface area (Å²) in [5.74, 6) is -1.13. The highest BCUT2D eigenvalue weighted by atomic mass is 16.5. The van der Waals surface area contributed by atoms with Crippen LogP contribution in [0.3, 0.4) is 0 Å². The quantitative estimate of drug-likeness (QED) is 0.273. The van der Waals surface area contributed by atoms with Crippen molar-refractivity contribution >= 4 is 34.4 Å². The van der Waals surface area contributed by atoms with Crippen molar-refractivity contribution in [1.82, 2.24) is 14.5 Å². The topological polar surface area (TPSA) is 128 Å². The first-order valence-corrected chi connectivity index (χ1v) is 13.4. The zero-order valence-corrected chi connectivity index (χ0v) is 23.0. The smallest absolute Gasteiger partial charge is 0.338 e. The summed E-state index contributed by atoms with van der Waals surface area (Å²) in [4.78, 5) is 63.6. The number of anilines is 1. The number of fused-ring (bicyclic) bond motifs is 1. The standard InChI is InChI=1S/C31H32N4O6/c1-3-41-30(39)23-14-16-24(17-15-23)33-28(37)20-35-26-8-5-4-7-25(26)29(38)34(31(35)40)18-6-9-27(36)32-19-22-12-10-21(2)11-13-22/h4-5,7-8,10-17H,3,6,9,18-20H2,1-2H3,(H,32,36)(H,33,37). The van der Waals surface area contributed by atoms with Crippen LogP contribution in [0.15, 0.2) is 82.4 Å². The number of rotatable bonds is 11. The van der Waals surface area contributed by atoms with Crippen molar-refractivity contribution in [3.63, 3.8) is 0 Å². The normalized spacial score (nSPS) is 10.8. The predicted molar refractivity (Wildman–Crippen MR) is 156 cm³/mol. The van der Waals surface area contributed by atoms with Crippen molar-refractivity contribution in [1.29, 1.82) is 0 Å². The highest BCUT2D eigenvalue weighted by Gasteiger charge is 2.16. The first-order valence-electron chi connectivity index (χ1n) is 13.4. The van der Waals surface area contributed by atoms with Gasteiger partial charge in [-0.05, 0) is 62.2 Å². The third-order valence-corrected chi connectivity index (χ3v) is 6.51. The van der Waals surface area contributed by atoms with E-state index in [2.05, 4.69) is 10.6 Å². The van der Waals surface area contributed by atoms with Gasteiger partial charge >= 0.3 is 11.7 Å². The molecular weight excluding hydrogens is 524 g/mol. The number of hydrogen-bond acceptors (Lipinski definition) is 6. The van der Waals surface area contributed by atoms with E-state index in [4.69, 9.17) is 4.74 Å². The number of carbonyl (C=O) groups is 3. The van der Waals surface area contributed by atoms with Crippen LogP contribution in [0.25, 0.3) is 10.9 Å². The molecule has 1 heterocycles. The number of aromatic nitrogens is 2. The van der Waals surface area contributed by atoms with Gasteiger partial charge in [-0.3, -0.25) is 23.5 Å². The van der Waals surface area contributed by atoms with E-state index >= 15 is 0 Å². The lowest BCUT2D eigenvalue weighted by molar-refractivity contribution is -0.121. The zero-order chi connectivity index (χ0) is 29.4. The van der Waals surface area contributed by atoms with Crippen LogP contribution in [-0.4, -0.2) is 33.5 Å². The Hall–Kier alpha value is -4.99. The second kappa shape index (κ2) is 13.4. The molecule has 0 unspecified atom stereocenters. The van der Waals surface area contributed by atoms with E-state index in [0.29, 0.717) is 28.7 Å². The Morgan fingerprint density at radius 3 is 2.27 bits per heavy atom. The molecule has 2 amide bonds. The van der Waals surface area contributed by atoms with Crippen LogP contribution in [0.4, 0.5) is 5.69 Å². The maximum absolute atomic E-state index is 13.4. The number of aryl methyl sites for hydroxylation is 1. The van der Waals surface area contributed by atoms with Gasteiger partial charge < -0.3 is 15.4 Å². The Labute approximate surface area is 236 Å². The number of nitrogens with one attached hydrogen (secondary N) is 2. The Kier molecular flexibility index (Phi) is 9.47. The molecule has 41 heavy (non-hydrogen) atoms. The van der Waals surface area contributed by atoms with Crippen molar-refractivity contribution in [3.8, 4) is 0 Å². The Bertz CT molecular complexity index is 1670. The minimum absolute atomic E-state index is 0.0252. The average Bonchev–Trinajstić information content (AvgIpc) is 2.97. The first kappa shape index (κ1) is 29.0. The Morgan fingerprint density at radius 1 is 0.854 bits per heavy atom. The molecule has 10 heteroatoms. The summed E-state index contributed by atoms with van der Waals surface area (Å²) in [6.07, 6.45) is 0.402. The first-order chi connectivity index (χ1) is 19.8. The van der Waals surface area contributed by atoms with Crippen molar-refractivity contribution in [3.05, 3.63) is 110 Å². The molecule has 10 nitrogen and oxygen atoms in total. The second-order valence-electron chi connectivity index (χ2n) is 9.55. The molecule has 212 valence electrons. The summed E-state index contributed by atoms with van der Waals surface area (Å²) in [6.45, 7) is 4.04. The molecule has 0 bridgehead atoms. The van der Waals surface area contributed by atoms with Gasteiger partial charge in [0.15, 0.2) is 0 Å². The van der Waals surface area contributed by atoms with Crippen molar-refractivity contribution in [2.75, 3.05) is 11.9 Å². The molecule has 4 aromatic rings. The van der Waals surface area contributed by atoms with Gasteiger partial charge in [-0.1, -0.05) is 42.0 Å². The molecule has 1 aromatic heterocycles. The molecule has 0 saturated heterocycles. The predicted octanol–water partition coefficient (Wildman–Crippen LogP) is 3.38. The van der Waals surface area contributed by atoms with Crippen LogP contribution >= 0.6 is 0 Å². The number of ether oxygens (including phenoxy) is 1. The zero-order valence-electron chi connectivity index (χ0n) is 23.0. The third kappa shape index (κ3) is 7.36. The van der Waals surface area contributed by atoms with E-state index in [1.54, 1.807) is 43.3 Å². The SMILES string of the molecule is CCOC(=O)c1ccc(NC(=O)Cn2c(=O)n(CCCC(=O)NCc3ccc(C)cc3)c(=O)c3ccccc32)cc1. The van der Waals surface area contributed by atoms with Crippen LogP contribution in [0.2, 0.25) is 0 Å². The largest absolute Gasteiger partial charge is 0.462 e. The fourth-order valence-electron chi connectivity index (χ4n) is 4.36. The molecule has 3 aromatic carbocycles. The summed E-state index contributed by atoms with van der Waals surface area (Å²) in [6, 6.07) is 20.6. The monoisotopic (exact) mass is 556 g/mol. The molecule has 0 aliphatic heterocycles. The number of benzene rings is 3. The highest BCUT2D eigenvalue weighted by molar-refractivity contribution is 5.93. The highest BCUT2D eigenvalue weighted by Crippen LogP contribution is 2.12. The Morgan fingerprint density at radius 2 is 1.56 bits per heavy atom. The van der Waals surface area contributed by atoms with Crippen molar-refractivity contribution in [2.45, 2.75) is 46.3 Å². The van der Waals surface area contributed by atoms with Gasteiger partial charge in [0.25, 0.3) is 5.56 Å². The molecule has 4 rings (SSSR count). The van der Waals surface area contributed by atoms with Crippen LogP contribution in [0.5, 0.6) is 0 Å². The molecule has 0 atom stereocenters. The fraction of sp³-hybridized carbons (Fsp3) is 0.258. The van der Waals surface area contributed by atoms with Gasteiger partial charge in [0, 0.05) is 25.2 Å². The summed E-state index contributed by atoms with van der Waals surface area (Å²) in [5, 5.41) is 5.86. The van der Waals surface area contributed by atoms with Crippen molar-refractivity contribution < 1.29 is 19.1 Å². The second-order valence-corrected chi connectivity index (χ2v) is 9.55. The van der Waals surface area contributed by atoms with Gasteiger partial charge in [-0.15, -0.1) is 0 Å². The maximum Gasteiger partial charge on any atom is 0.338 e. The van der Waals surface area contributed by atoms with E-state index < -0.39 is 23.1 Å². The molecule has 0 spiro atoms. The molecule has 0 radical (unpaired) electrons. The van der Waals surface area contributed by atoms with E-state index in [-0.39, 0.29) is 38.4 Å². The molecule has 0 fully saturated rings. The van der Waals surface area contributed by atoms with Gasteiger partial charge in [-0.25, -0.2) is 9.59 Å². The molecule has 0 aliphatic rings. The van der Waals surface area contributed by atoms with Crippen LogP contribution in [-0.2, 0) is 34.0 Å². The Balaban J connectivity index is 1.45. The maximum atomic E-state index is 13.4. The fourth-order valence-corrected chi connectivity index (χ4v) is 4.36. The summed E-state index contributed by atoms with van der Waals surface area (Å²) >= 11 is 0. The number of amides is 2. The van der Waals surface area contributed by atoms with Gasteiger partial charge in [0.2, 0.25) is 11.8 Å². The lowest BCUT2D eigenvalue weighted by Crippen LogP contribution is -2.42. The van der Waals surface area contributed by atoms with E-state index in [1.165, 1.54) is 16.7 Å². The van der Waals surface area contributed by atoms with Gasteiger partial charge in [0.1, 0.15) is 6.54 Å². The molecular formula is C31H32N4O6. The molecule has 0 saturated carbocycles. The van der Waals surface area contributed by atoms with E-state index in [1.807, 2.05) is 31.2 Å².